The highest BCUT2D eigenvalue weighted by Crippen LogP contribution is 2.48. The number of rotatable bonds is 5. The predicted octanol–water partition coefficient (Wildman–Crippen LogP) is 7.95. The number of carbonyl (C=O) groups is 1. The van der Waals surface area contributed by atoms with Crippen molar-refractivity contribution in [3.63, 3.8) is 0 Å². The molecule has 4 aromatic rings. The molecule has 0 aliphatic carbocycles. The predicted molar refractivity (Wildman–Crippen MR) is 137 cm³/mol. The quantitative estimate of drug-likeness (QED) is 0.278. The minimum absolute atomic E-state index is 0.0505. The summed E-state index contributed by atoms with van der Waals surface area (Å²) in [5, 5.41) is 0.424. The van der Waals surface area contributed by atoms with E-state index in [1.165, 1.54) is 11.8 Å². The van der Waals surface area contributed by atoms with Crippen LogP contribution in [0.1, 0.15) is 16.5 Å². The van der Waals surface area contributed by atoms with Crippen molar-refractivity contribution in [1.29, 1.82) is 0 Å². The van der Waals surface area contributed by atoms with Crippen LogP contribution in [-0.4, -0.2) is 5.91 Å². The Labute approximate surface area is 202 Å². The molecule has 1 aliphatic rings. The van der Waals surface area contributed by atoms with Gasteiger partial charge in [0.25, 0.3) is 5.91 Å². The zero-order valence-corrected chi connectivity index (χ0v) is 19.2. The third-order valence-corrected chi connectivity index (χ3v) is 6.70. The molecule has 3 nitrogen and oxygen atoms in total. The van der Waals surface area contributed by atoms with Gasteiger partial charge in [0, 0.05) is 10.7 Å². The fourth-order valence-corrected chi connectivity index (χ4v) is 5.15. The number of anilines is 1. The monoisotopic (exact) mass is 469 g/mol. The van der Waals surface area contributed by atoms with Crippen LogP contribution in [0, 0.1) is 0 Å². The Kier molecular flexibility index (Phi) is 6.20. The second kappa shape index (κ2) is 9.57. The van der Waals surface area contributed by atoms with E-state index in [-0.39, 0.29) is 11.3 Å². The van der Waals surface area contributed by atoms with Crippen LogP contribution < -0.4 is 9.64 Å². The van der Waals surface area contributed by atoms with Crippen LogP contribution >= 0.6 is 23.4 Å². The molecular formula is C28H20ClNO2S. The third kappa shape index (κ3) is 4.82. The Morgan fingerprint density at radius 2 is 1.48 bits per heavy atom. The lowest BCUT2D eigenvalue weighted by Gasteiger charge is -2.23. The first-order chi connectivity index (χ1) is 16.2. The van der Waals surface area contributed by atoms with Crippen molar-refractivity contribution < 1.29 is 9.53 Å². The number of hydrogen-bond acceptors (Lipinski definition) is 3. The van der Waals surface area contributed by atoms with Gasteiger partial charge in [0.05, 0.1) is 4.91 Å². The number of amides is 1. The van der Waals surface area contributed by atoms with Gasteiger partial charge in [-0.2, -0.15) is 0 Å². The highest BCUT2D eigenvalue weighted by Gasteiger charge is 2.38. The van der Waals surface area contributed by atoms with Gasteiger partial charge in [0.1, 0.15) is 16.9 Å². The fourth-order valence-electron chi connectivity index (χ4n) is 3.70. The number of para-hydroxylation sites is 1. The fraction of sp³-hybridized carbons (Fsp3) is 0.0357. The molecule has 0 spiro atoms. The summed E-state index contributed by atoms with van der Waals surface area (Å²) in [5.41, 5.74) is 2.73. The molecule has 4 aromatic carbocycles. The van der Waals surface area contributed by atoms with Crippen LogP contribution in [-0.2, 0) is 4.79 Å². The summed E-state index contributed by atoms with van der Waals surface area (Å²) in [4.78, 5) is 16.0. The highest BCUT2D eigenvalue weighted by molar-refractivity contribution is 8.05. The second-order valence-electron chi connectivity index (χ2n) is 7.53. The molecule has 0 N–H and O–H groups in total. The van der Waals surface area contributed by atoms with Gasteiger partial charge >= 0.3 is 0 Å². The normalized spacial score (nSPS) is 16.9. The van der Waals surface area contributed by atoms with Crippen molar-refractivity contribution in [2.75, 3.05) is 4.90 Å². The average Bonchev–Trinajstić information content (AvgIpc) is 3.16. The molecule has 5 heteroatoms. The first-order valence-electron chi connectivity index (χ1n) is 10.5. The Morgan fingerprint density at radius 1 is 0.788 bits per heavy atom. The summed E-state index contributed by atoms with van der Waals surface area (Å²) in [7, 11) is 0. The molecule has 1 saturated heterocycles. The molecule has 1 fully saturated rings. The van der Waals surface area contributed by atoms with Gasteiger partial charge < -0.3 is 4.74 Å². The Bertz CT molecular complexity index is 1310. The second-order valence-corrected chi connectivity index (χ2v) is 9.09. The zero-order chi connectivity index (χ0) is 22.6. The van der Waals surface area contributed by atoms with Gasteiger partial charge in [-0.1, -0.05) is 90.1 Å². The highest BCUT2D eigenvalue weighted by atomic mass is 35.5. The summed E-state index contributed by atoms with van der Waals surface area (Å²) in [6, 6.07) is 34.8. The number of thioether (sulfide) groups is 1. The van der Waals surface area contributed by atoms with Crippen molar-refractivity contribution in [2.24, 2.45) is 0 Å². The summed E-state index contributed by atoms with van der Waals surface area (Å²) < 4.78 is 5.96. The van der Waals surface area contributed by atoms with E-state index >= 15 is 0 Å². The minimum atomic E-state index is -0.174. The molecule has 33 heavy (non-hydrogen) atoms. The van der Waals surface area contributed by atoms with E-state index in [0.717, 1.165) is 28.3 Å². The van der Waals surface area contributed by atoms with E-state index in [1.807, 2.05) is 120 Å². The number of hydrogen-bond donors (Lipinski definition) is 0. The topological polar surface area (TPSA) is 29.5 Å². The Hall–Kier alpha value is -3.47. The van der Waals surface area contributed by atoms with E-state index in [1.54, 1.807) is 0 Å². The van der Waals surface area contributed by atoms with Crippen molar-refractivity contribution >= 4 is 41.0 Å². The number of nitrogens with zero attached hydrogens (tertiary/aromatic N) is 1. The maximum Gasteiger partial charge on any atom is 0.266 e. The Balaban J connectivity index is 1.48. The lowest BCUT2D eigenvalue weighted by molar-refractivity contribution is -0.114. The van der Waals surface area contributed by atoms with Crippen molar-refractivity contribution in [1.82, 2.24) is 0 Å². The molecule has 1 atom stereocenters. The smallest absolute Gasteiger partial charge is 0.266 e. The summed E-state index contributed by atoms with van der Waals surface area (Å²) in [5.74, 6) is 1.44. The standard InChI is InChI=1S/C28H20ClNO2S/c29-22-12-8-13-23(19-22)30-27(31)26(33-28(30)21-10-3-1-4-11-21)18-20-9-7-16-25(17-20)32-24-14-5-2-6-15-24/h1-19,28H/b26-18-. The van der Waals surface area contributed by atoms with Crippen LogP contribution in [0.4, 0.5) is 5.69 Å². The van der Waals surface area contributed by atoms with Gasteiger partial charge in [-0.25, -0.2) is 0 Å². The number of carbonyl (C=O) groups excluding carboxylic acids is 1. The van der Waals surface area contributed by atoms with Crippen molar-refractivity contribution in [3.05, 3.63) is 130 Å². The largest absolute Gasteiger partial charge is 0.457 e. The molecule has 0 radical (unpaired) electrons. The first-order valence-corrected chi connectivity index (χ1v) is 11.8. The van der Waals surface area contributed by atoms with E-state index in [2.05, 4.69) is 0 Å². The van der Waals surface area contributed by atoms with Gasteiger partial charge in [0.15, 0.2) is 0 Å². The molecule has 5 rings (SSSR count). The van der Waals surface area contributed by atoms with Crippen LogP contribution in [0.15, 0.2) is 114 Å². The lowest BCUT2D eigenvalue weighted by Crippen LogP contribution is -2.27. The Morgan fingerprint density at radius 3 is 2.24 bits per heavy atom. The summed E-state index contributed by atoms with van der Waals surface area (Å²) in [6.07, 6.45) is 1.92. The van der Waals surface area contributed by atoms with Gasteiger partial charge in [0.2, 0.25) is 0 Å². The molecule has 162 valence electrons. The third-order valence-electron chi connectivity index (χ3n) is 5.21. The molecule has 0 aromatic heterocycles. The maximum atomic E-state index is 13.5. The number of ether oxygens (including phenoxy) is 1. The molecule has 1 amide bonds. The summed E-state index contributed by atoms with van der Waals surface area (Å²) >= 11 is 7.78. The maximum absolute atomic E-state index is 13.5. The van der Waals surface area contributed by atoms with E-state index < -0.39 is 0 Å². The minimum Gasteiger partial charge on any atom is -0.457 e. The van der Waals surface area contributed by atoms with E-state index in [9.17, 15) is 4.79 Å². The van der Waals surface area contributed by atoms with E-state index in [4.69, 9.17) is 16.3 Å². The molecule has 1 unspecified atom stereocenters. The zero-order valence-electron chi connectivity index (χ0n) is 17.6. The molecular weight excluding hydrogens is 450 g/mol. The van der Waals surface area contributed by atoms with Crippen LogP contribution in [0.2, 0.25) is 5.02 Å². The molecule has 1 heterocycles. The van der Waals surface area contributed by atoms with Gasteiger partial charge in [-0.05, 0) is 59.7 Å². The average molecular weight is 470 g/mol. The first kappa shape index (κ1) is 21.4. The van der Waals surface area contributed by atoms with Crippen LogP contribution in [0.3, 0.4) is 0 Å². The van der Waals surface area contributed by atoms with Crippen LogP contribution in [0.5, 0.6) is 11.5 Å². The molecule has 0 saturated carbocycles. The lowest BCUT2D eigenvalue weighted by atomic mass is 10.1. The van der Waals surface area contributed by atoms with E-state index in [0.29, 0.717) is 9.93 Å². The van der Waals surface area contributed by atoms with Crippen molar-refractivity contribution in [3.8, 4) is 11.5 Å². The van der Waals surface area contributed by atoms with Gasteiger partial charge in [-0.3, -0.25) is 9.69 Å². The van der Waals surface area contributed by atoms with Crippen LogP contribution in [0.25, 0.3) is 6.08 Å². The SMILES string of the molecule is O=C1/C(=C/c2cccc(Oc3ccccc3)c2)SC(c2ccccc2)N1c1cccc(Cl)c1. The summed E-state index contributed by atoms with van der Waals surface area (Å²) in [6.45, 7) is 0. The molecule has 0 bridgehead atoms. The number of benzene rings is 4. The van der Waals surface area contributed by atoms with Gasteiger partial charge in [-0.15, -0.1) is 0 Å². The van der Waals surface area contributed by atoms with Crippen molar-refractivity contribution in [2.45, 2.75) is 5.37 Å². The number of halogens is 1. The molecule has 1 aliphatic heterocycles.